The molecule has 1 amide bonds. The molecule has 0 atom stereocenters. The molecule has 142 valence electrons. The summed E-state index contributed by atoms with van der Waals surface area (Å²) in [4.78, 5) is 15.4. The van der Waals surface area contributed by atoms with Crippen molar-refractivity contribution in [3.05, 3.63) is 60.6 Å². The van der Waals surface area contributed by atoms with Gasteiger partial charge in [0.2, 0.25) is 5.91 Å². The van der Waals surface area contributed by atoms with Crippen LogP contribution in [0.2, 0.25) is 0 Å². The largest absolute Gasteiger partial charge is 0.360 e. The highest BCUT2D eigenvalue weighted by molar-refractivity contribution is 7.90. The lowest BCUT2D eigenvalue weighted by molar-refractivity contribution is -0.117. The zero-order valence-corrected chi connectivity index (χ0v) is 16.0. The zero-order valence-electron chi connectivity index (χ0n) is 15.2. The van der Waals surface area contributed by atoms with Gasteiger partial charge in [0.05, 0.1) is 15.9 Å². The highest BCUT2D eigenvalue weighted by Gasteiger charge is 2.15. The fourth-order valence-electron chi connectivity index (χ4n) is 2.67. The van der Waals surface area contributed by atoms with Crippen LogP contribution in [-0.4, -0.2) is 23.9 Å². The van der Waals surface area contributed by atoms with E-state index in [1.54, 1.807) is 0 Å². The van der Waals surface area contributed by atoms with E-state index in [2.05, 4.69) is 16.4 Å². The second kappa shape index (κ2) is 7.54. The number of rotatable bonds is 5. The molecule has 0 saturated carbocycles. The van der Waals surface area contributed by atoms with E-state index in [1.807, 2.05) is 40.6 Å². The molecule has 0 spiro atoms. The molecule has 0 aliphatic rings. The molecule has 0 saturated heterocycles. The number of nitrogens with zero attached hydrogens (tertiary/aromatic N) is 3. The summed E-state index contributed by atoms with van der Waals surface area (Å²) in [5.74, 6) is -0.146. The second-order valence-corrected chi connectivity index (χ2v) is 7.67. The minimum Gasteiger partial charge on any atom is -0.360 e. The van der Waals surface area contributed by atoms with E-state index < -0.39 is 15.9 Å². The fraction of sp³-hybridized carbons (Fsp3) is 0.105. The van der Waals surface area contributed by atoms with E-state index >= 15 is 0 Å². The Balaban J connectivity index is 1.84. The van der Waals surface area contributed by atoms with E-state index in [4.69, 9.17) is 0 Å². The number of amides is 1. The average molecular weight is 395 g/mol. The predicted molar refractivity (Wildman–Crippen MR) is 105 cm³/mol. The maximum atomic E-state index is 12.0. The quantitative estimate of drug-likeness (QED) is 0.641. The monoisotopic (exact) mass is 395 g/mol. The van der Waals surface area contributed by atoms with Crippen LogP contribution in [0, 0.1) is 11.3 Å². The van der Waals surface area contributed by atoms with Gasteiger partial charge in [-0.15, -0.1) is 0 Å². The first kappa shape index (κ1) is 19.1. The van der Waals surface area contributed by atoms with Gasteiger partial charge in [0.1, 0.15) is 11.6 Å². The minimum absolute atomic E-state index is 0.0342. The SMILES string of the molecule is CC(=O)NS(=O)(=O)c1ccc(N/C=C(\C#N)c2nc3ccccc3n2C)cc1. The van der Waals surface area contributed by atoms with Gasteiger partial charge in [-0.1, -0.05) is 12.1 Å². The molecule has 2 N–H and O–H groups in total. The minimum atomic E-state index is -3.88. The van der Waals surface area contributed by atoms with Crippen molar-refractivity contribution in [2.24, 2.45) is 7.05 Å². The molecule has 0 radical (unpaired) electrons. The number of allylic oxidation sites excluding steroid dienone is 1. The lowest BCUT2D eigenvalue weighted by Gasteiger charge is -2.07. The number of benzene rings is 2. The Labute approximate surface area is 162 Å². The third-order valence-corrected chi connectivity index (χ3v) is 5.42. The summed E-state index contributed by atoms with van der Waals surface area (Å²) in [5, 5.41) is 12.5. The highest BCUT2D eigenvalue weighted by Crippen LogP contribution is 2.21. The van der Waals surface area contributed by atoms with Crippen molar-refractivity contribution in [2.45, 2.75) is 11.8 Å². The third-order valence-electron chi connectivity index (χ3n) is 3.97. The van der Waals surface area contributed by atoms with Gasteiger partial charge in [0.15, 0.2) is 5.82 Å². The summed E-state index contributed by atoms with van der Waals surface area (Å²) >= 11 is 0. The normalized spacial score (nSPS) is 11.8. The van der Waals surface area contributed by atoms with Gasteiger partial charge in [0, 0.05) is 25.9 Å². The maximum Gasteiger partial charge on any atom is 0.264 e. The first-order valence-corrected chi connectivity index (χ1v) is 9.72. The second-order valence-electron chi connectivity index (χ2n) is 5.98. The van der Waals surface area contributed by atoms with E-state index in [0.29, 0.717) is 17.1 Å². The Morgan fingerprint density at radius 3 is 2.46 bits per heavy atom. The molecule has 2 aromatic carbocycles. The van der Waals surface area contributed by atoms with E-state index in [-0.39, 0.29) is 4.90 Å². The Morgan fingerprint density at radius 2 is 1.86 bits per heavy atom. The van der Waals surface area contributed by atoms with E-state index in [0.717, 1.165) is 18.0 Å². The maximum absolute atomic E-state index is 12.0. The first-order chi connectivity index (χ1) is 13.3. The molecule has 0 bridgehead atoms. The Kier molecular flexibility index (Phi) is 5.15. The van der Waals surface area contributed by atoms with Crippen LogP contribution in [0.1, 0.15) is 12.7 Å². The Bertz CT molecular complexity index is 1220. The van der Waals surface area contributed by atoms with Crippen LogP contribution in [0.4, 0.5) is 5.69 Å². The molecule has 0 unspecified atom stereocenters. The Hall–Kier alpha value is -3.64. The molecule has 8 nitrogen and oxygen atoms in total. The topological polar surface area (TPSA) is 117 Å². The van der Waals surface area contributed by atoms with Crippen LogP contribution in [0.15, 0.2) is 59.6 Å². The highest BCUT2D eigenvalue weighted by atomic mass is 32.2. The van der Waals surface area contributed by atoms with Crippen molar-refractivity contribution in [3.8, 4) is 6.07 Å². The predicted octanol–water partition coefficient (Wildman–Crippen LogP) is 2.37. The van der Waals surface area contributed by atoms with Crippen LogP contribution in [0.5, 0.6) is 0 Å². The number of anilines is 1. The smallest absolute Gasteiger partial charge is 0.264 e. The fourth-order valence-corrected chi connectivity index (χ4v) is 3.66. The van der Waals surface area contributed by atoms with Crippen molar-refractivity contribution in [2.75, 3.05) is 5.32 Å². The Morgan fingerprint density at radius 1 is 1.18 bits per heavy atom. The summed E-state index contributed by atoms with van der Waals surface area (Å²) in [7, 11) is -2.05. The summed E-state index contributed by atoms with van der Waals surface area (Å²) in [6, 6.07) is 15.5. The van der Waals surface area contributed by atoms with Gasteiger partial charge in [-0.25, -0.2) is 18.1 Å². The molecule has 0 aliphatic carbocycles. The van der Waals surface area contributed by atoms with Crippen molar-refractivity contribution in [3.63, 3.8) is 0 Å². The number of para-hydroxylation sites is 2. The standard InChI is InChI=1S/C19H17N5O3S/c1-13(25)23-28(26,27)16-9-7-15(8-10-16)21-12-14(11-20)19-22-17-5-3-4-6-18(17)24(19)2/h3-10,12,21H,1-2H3,(H,23,25)/b14-12+. The van der Waals surface area contributed by atoms with Crippen LogP contribution in [0.25, 0.3) is 16.6 Å². The van der Waals surface area contributed by atoms with Crippen LogP contribution in [0.3, 0.4) is 0 Å². The van der Waals surface area contributed by atoms with Gasteiger partial charge in [-0.2, -0.15) is 5.26 Å². The van der Waals surface area contributed by atoms with Crippen molar-refractivity contribution in [1.29, 1.82) is 5.26 Å². The zero-order chi connectivity index (χ0) is 20.3. The first-order valence-electron chi connectivity index (χ1n) is 8.24. The summed E-state index contributed by atoms with van der Waals surface area (Å²) < 4.78 is 27.6. The molecule has 1 heterocycles. The van der Waals surface area contributed by atoms with Gasteiger partial charge in [-0.3, -0.25) is 4.79 Å². The number of imidazole rings is 1. The number of carbonyl (C=O) groups is 1. The number of nitriles is 1. The molecular formula is C19H17N5O3S. The molecular weight excluding hydrogens is 378 g/mol. The lowest BCUT2D eigenvalue weighted by atomic mass is 10.3. The van der Waals surface area contributed by atoms with Crippen LogP contribution < -0.4 is 10.0 Å². The van der Waals surface area contributed by atoms with Crippen molar-refractivity contribution < 1.29 is 13.2 Å². The van der Waals surface area contributed by atoms with Gasteiger partial charge in [0.25, 0.3) is 10.0 Å². The number of fused-ring (bicyclic) bond motifs is 1. The number of sulfonamides is 1. The summed E-state index contributed by atoms with van der Waals surface area (Å²) in [6.45, 7) is 1.13. The average Bonchev–Trinajstić information content (AvgIpc) is 2.99. The molecule has 0 aliphatic heterocycles. The van der Waals surface area contributed by atoms with Gasteiger partial charge < -0.3 is 9.88 Å². The lowest BCUT2D eigenvalue weighted by Crippen LogP contribution is -2.28. The number of carbonyl (C=O) groups excluding carboxylic acids is 1. The van der Waals surface area contributed by atoms with Crippen LogP contribution in [-0.2, 0) is 21.9 Å². The summed E-state index contributed by atoms with van der Waals surface area (Å²) in [6.07, 6.45) is 1.51. The number of hydrogen-bond donors (Lipinski definition) is 2. The molecule has 1 aromatic heterocycles. The summed E-state index contributed by atoms with van der Waals surface area (Å²) in [5.41, 5.74) is 2.60. The number of aryl methyl sites for hydroxylation is 1. The van der Waals surface area contributed by atoms with E-state index in [1.165, 1.54) is 30.5 Å². The third kappa shape index (κ3) is 3.87. The number of hydrogen-bond acceptors (Lipinski definition) is 6. The number of aromatic nitrogens is 2. The van der Waals surface area contributed by atoms with Gasteiger partial charge in [-0.05, 0) is 36.4 Å². The van der Waals surface area contributed by atoms with Crippen molar-refractivity contribution >= 4 is 38.2 Å². The van der Waals surface area contributed by atoms with Crippen LogP contribution >= 0.6 is 0 Å². The molecule has 0 fully saturated rings. The molecule has 28 heavy (non-hydrogen) atoms. The van der Waals surface area contributed by atoms with Gasteiger partial charge >= 0.3 is 0 Å². The van der Waals surface area contributed by atoms with Crippen molar-refractivity contribution in [1.82, 2.24) is 14.3 Å². The number of nitrogens with one attached hydrogen (secondary N) is 2. The molecule has 3 rings (SSSR count). The van der Waals surface area contributed by atoms with E-state index in [9.17, 15) is 18.5 Å². The molecule has 9 heteroatoms. The molecule has 3 aromatic rings.